The van der Waals surface area contributed by atoms with Crippen molar-refractivity contribution in [1.29, 1.82) is 0 Å². The first-order chi connectivity index (χ1) is 10.7. The molecule has 116 valence electrons. The molecule has 2 aromatic rings. The number of nitrogens with zero attached hydrogens (tertiary/aromatic N) is 1. The third kappa shape index (κ3) is 3.28. The van der Waals surface area contributed by atoms with E-state index in [0.717, 1.165) is 40.9 Å². The molecule has 0 radical (unpaired) electrons. The van der Waals surface area contributed by atoms with Crippen LogP contribution in [0.1, 0.15) is 17.9 Å². The van der Waals surface area contributed by atoms with Crippen LogP contribution in [0.3, 0.4) is 0 Å². The number of nitrogens with one attached hydrogen (secondary N) is 2. The number of hydrogen-bond acceptors (Lipinski definition) is 3. The first-order valence-electron chi connectivity index (χ1n) is 7.34. The topological polar surface area (TPSA) is 49.4 Å². The van der Waals surface area contributed by atoms with Gasteiger partial charge in [0.2, 0.25) is 0 Å². The van der Waals surface area contributed by atoms with Gasteiger partial charge in [-0.3, -0.25) is 4.99 Å². The van der Waals surface area contributed by atoms with Crippen molar-refractivity contribution in [3.05, 3.63) is 54.4 Å². The molecule has 0 bridgehead atoms. The Kier molecular flexibility index (Phi) is 5.55. The van der Waals surface area contributed by atoms with Crippen LogP contribution in [0.25, 0.3) is 10.9 Å². The summed E-state index contributed by atoms with van der Waals surface area (Å²) >= 11 is 0. The molecule has 1 aromatic heterocycles. The molecule has 0 aliphatic rings. The fraction of sp³-hybridized carbons (Fsp3) is 0.278. The highest BCUT2D eigenvalue weighted by atomic mass is 16.5. The molecule has 0 aliphatic carbocycles. The van der Waals surface area contributed by atoms with Crippen LogP contribution >= 0.6 is 0 Å². The lowest BCUT2D eigenvalue weighted by Gasteiger charge is -2.19. The normalized spacial score (nSPS) is 13.1. The van der Waals surface area contributed by atoms with Crippen LogP contribution in [-0.2, 0) is 0 Å². The predicted molar refractivity (Wildman–Crippen MR) is 94.0 cm³/mol. The van der Waals surface area contributed by atoms with Gasteiger partial charge in [0.1, 0.15) is 5.75 Å². The van der Waals surface area contributed by atoms with Crippen LogP contribution in [0.2, 0.25) is 0 Å². The van der Waals surface area contributed by atoms with Crippen LogP contribution in [0.4, 0.5) is 0 Å². The van der Waals surface area contributed by atoms with Crippen molar-refractivity contribution in [2.24, 2.45) is 4.99 Å². The molecule has 4 heteroatoms. The number of H-pyrrole nitrogens is 1. The number of aromatic nitrogens is 1. The zero-order valence-corrected chi connectivity index (χ0v) is 13.2. The van der Waals surface area contributed by atoms with Crippen molar-refractivity contribution in [3.63, 3.8) is 0 Å². The molecule has 0 saturated heterocycles. The zero-order chi connectivity index (χ0) is 15.9. The summed E-state index contributed by atoms with van der Waals surface area (Å²) < 4.78 is 5.53. The van der Waals surface area contributed by atoms with Gasteiger partial charge in [-0.15, -0.1) is 0 Å². The Morgan fingerprint density at radius 1 is 1.50 bits per heavy atom. The highest BCUT2D eigenvalue weighted by molar-refractivity contribution is 5.86. The van der Waals surface area contributed by atoms with Gasteiger partial charge in [0.15, 0.2) is 0 Å². The van der Waals surface area contributed by atoms with E-state index in [1.54, 1.807) is 13.2 Å². The van der Waals surface area contributed by atoms with Crippen molar-refractivity contribution in [2.75, 3.05) is 20.7 Å². The highest BCUT2D eigenvalue weighted by Crippen LogP contribution is 2.35. The van der Waals surface area contributed by atoms with Gasteiger partial charge in [0, 0.05) is 28.7 Å². The lowest BCUT2D eigenvalue weighted by Crippen LogP contribution is -2.13. The summed E-state index contributed by atoms with van der Waals surface area (Å²) in [7, 11) is 3.64. The molecule has 0 aliphatic heterocycles. The average Bonchev–Trinajstić information content (AvgIpc) is 3.01. The monoisotopic (exact) mass is 297 g/mol. The van der Waals surface area contributed by atoms with Crippen LogP contribution in [0.5, 0.6) is 5.75 Å². The Morgan fingerprint density at radius 3 is 2.95 bits per heavy atom. The number of rotatable bonds is 8. The molecule has 2 rings (SSSR count). The Hall–Kier alpha value is -2.33. The number of allylic oxidation sites excluding steroid dienone is 3. The molecule has 1 unspecified atom stereocenters. The summed E-state index contributed by atoms with van der Waals surface area (Å²) in [4.78, 5) is 7.44. The van der Waals surface area contributed by atoms with Gasteiger partial charge in [0.05, 0.1) is 7.11 Å². The summed E-state index contributed by atoms with van der Waals surface area (Å²) in [6.07, 6.45) is 6.51. The van der Waals surface area contributed by atoms with E-state index in [1.165, 1.54) is 0 Å². The summed E-state index contributed by atoms with van der Waals surface area (Å²) in [5, 5.41) is 4.28. The molecule has 22 heavy (non-hydrogen) atoms. The second kappa shape index (κ2) is 7.61. The van der Waals surface area contributed by atoms with Crippen molar-refractivity contribution >= 4 is 17.6 Å². The van der Waals surface area contributed by atoms with Gasteiger partial charge in [-0.1, -0.05) is 12.7 Å². The predicted octanol–water partition coefficient (Wildman–Crippen LogP) is 3.64. The fourth-order valence-corrected chi connectivity index (χ4v) is 2.70. The minimum atomic E-state index is 0.143. The third-order valence-electron chi connectivity index (χ3n) is 3.79. The third-order valence-corrected chi connectivity index (χ3v) is 3.79. The lowest BCUT2D eigenvalue weighted by molar-refractivity contribution is 0.419. The van der Waals surface area contributed by atoms with Crippen molar-refractivity contribution < 1.29 is 4.74 Å². The number of ether oxygens (including phenoxy) is 1. The van der Waals surface area contributed by atoms with Gasteiger partial charge >= 0.3 is 0 Å². The van der Waals surface area contributed by atoms with E-state index in [9.17, 15) is 0 Å². The Labute approximate surface area is 131 Å². The lowest BCUT2D eigenvalue weighted by atomic mass is 9.91. The number of benzene rings is 1. The smallest absolute Gasteiger partial charge is 0.128 e. The summed E-state index contributed by atoms with van der Waals surface area (Å²) in [6.45, 7) is 8.36. The number of aliphatic imine (C=N–C) groups is 1. The van der Waals surface area contributed by atoms with Gasteiger partial charge in [-0.2, -0.15) is 0 Å². The molecule has 0 fully saturated rings. The quantitative estimate of drug-likeness (QED) is 0.577. The maximum atomic E-state index is 5.53. The highest BCUT2D eigenvalue weighted by Gasteiger charge is 2.18. The molecule has 2 N–H and O–H groups in total. The number of methoxy groups -OCH3 is 1. The van der Waals surface area contributed by atoms with Gasteiger partial charge < -0.3 is 15.0 Å². The molecule has 1 aromatic carbocycles. The number of hydrogen-bond donors (Lipinski definition) is 2. The van der Waals surface area contributed by atoms with E-state index in [-0.39, 0.29) is 5.92 Å². The fourth-order valence-electron chi connectivity index (χ4n) is 2.70. The molecular weight excluding hydrogens is 274 g/mol. The molecule has 0 saturated carbocycles. The Morgan fingerprint density at radius 2 is 2.32 bits per heavy atom. The van der Waals surface area contributed by atoms with Crippen LogP contribution in [0, 0.1) is 0 Å². The molecule has 4 nitrogen and oxygen atoms in total. The SMILES string of the molecule is C=C/C=C(\N=C)C(CCNC)c1cc(OC)c2cc[nH]c2c1. The first-order valence-corrected chi connectivity index (χ1v) is 7.34. The largest absolute Gasteiger partial charge is 0.496 e. The minimum absolute atomic E-state index is 0.143. The average molecular weight is 297 g/mol. The standard InChI is InChI=1S/C18H23N3O/c1-5-6-16(20-3)14(7-9-19-2)13-11-17-15(8-10-21-17)18(12-13)22-4/h5-6,8,10-12,14,19,21H,1,3,7,9H2,2,4H3/b16-6-. The van der Waals surface area contributed by atoms with Crippen LogP contribution < -0.4 is 10.1 Å². The van der Waals surface area contributed by atoms with Crippen molar-refractivity contribution in [3.8, 4) is 5.75 Å². The zero-order valence-electron chi connectivity index (χ0n) is 13.2. The van der Waals surface area contributed by atoms with E-state index >= 15 is 0 Å². The number of fused-ring (bicyclic) bond motifs is 1. The van der Waals surface area contributed by atoms with E-state index in [0.29, 0.717) is 0 Å². The number of aromatic amines is 1. The Bertz CT molecular complexity index is 685. The summed E-state index contributed by atoms with van der Waals surface area (Å²) in [5.41, 5.74) is 3.13. The maximum Gasteiger partial charge on any atom is 0.128 e. The summed E-state index contributed by atoms with van der Waals surface area (Å²) in [5.74, 6) is 1.01. The van der Waals surface area contributed by atoms with Crippen molar-refractivity contribution in [1.82, 2.24) is 10.3 Å². The molecule has 0 spiro atoms. The van der Waals surface area contributed by atoms with Crippen LogP contribution in [0.15, 0.2) is 53.8 Å². The minimum Gasteiger partial charge on any atom is -0.496 e. The van der Waals surface area contributed by atoms with E-state index in [4.69, 9.17) is 4.74 Å². The second-order valence-corrected chi connectivity index (χ2v) is 5.09. The van der Waals surface area contributed by atoms with Gasteiger partial charge in [-0.05, 0) is 56.6 Å². The molecule has 1 heterocycles. The molecular formula is C18H23N3O. The van der Waals surface area contributed by atoms with Crippen molar-refractivity contribution in [2.45, 2.75) is 12.3 Å². The van der Waals surface area contributed by atoms with Gasteiger partial charge in [-0.25, -0.2) is 0 Å². The van der Waals surface area contributed by atoms with E-state index < -0.39 is 0 Å². The van der Waals surface area contributed by atoms with Crippen LogP contribution in [-0.4, -0.2) is 32.4 Å². The van der Waals surface area contributed by atoms with E-state index in [1.807, 2.05) is 25.4 Å². The maximum absolute atomic E-state index is 5.53. The summed E-state index contributed by atoms with van der Waals surface area (Å²) in [6, 6.07) is 6.26. The second-order valence-electron chi connectivity index (χ2n) is 5.09. The first kappa shape index (κ1) is 16.0. The molecule has 0 amide bonds. The van der Waals surface area contributed by atoms with Gasteiger partial charge in [0.25, 0.3) is 0 Å². The van der Waals surface area contributed by atoms with E-state index in [2.05, 4.69) is 40.7 Å². The Balaban J connectivity index is 2.52. The molecule has 1 atom stereocenters.